The SMILES string of the molecule is CN=C(NCc1ccc(N2CCCCCC2)nc1)NC1CC1C. The Kier molecular flexibility index (Phi) is 5.36. The Morgan fingerprint density at radius 1 is 1.26 bits per heavy atom. The maximum atomic E-state index is 4.66. The molecule has 2 atom stereocenters. The number of rotatable bonds is 4. The van der Waals surface area contributed by atoms with E-state index in [4.69, 9.17) is 0 Å². The van der Waals surface area contributed by atoms with Crippen molar-refractivity contribution in [1.29, 1.82) is 0 Å². The maximum absolute atomic E-state index is 4.66. The second-order valence-corrected chi connectivity index (χ2v) is 6.82. The first-order valence-corrected chi connectivity index (χ1v) is 8.93. The van der Waals surface area contributed by atoms with Crippen molar-refractivity contribution in [3.05, 3.63) is 23.9 Å². The van der Waals surface area contributed by atoms with Gasteiger partial charge < -0.3 is 15.5 Å². The molecule has 5 heteroatoms. The highest BCUT2D eigenvalue weighted by Crippen LogP contribution is 2.28. The molecule has 0 amide bonds. The van der Waals surface area contributed by atoms with Crippen LogP contribution in [0.5, 0.6) is 0 Å². The van der Waals surface area contributed by atoms with Gasteiger partial charge in [0.05, 0.1) is 0 Å². The number of anilines is 1. The zero-order valence-electron chi connectivity index (χ0n) is 14.4. The summed E-state index contributed by atoms with van der Waals surface area (Å²) in [6.45, 7) is 5.30. The Labute approximate surface area is 139 Å². The number of hydrogen-bond acceptors (Lipinski definition) is 3. The Balaban J connectivity index is 1.50. The summed E-state index contributed by atoms with van der Waals surface area (Å²) < 4.78 is 0. The Hall–Kier alpha value is -1.78. The van der Waals surface area contributed by atoms with E-state index in [0.29, 0.717) is 6.04 Å². The lowest BCUT2D eigenvalue weighted by atomic mass is 10.2. The van der Waals surface area contributed by atoms with Crippen LogP contribution in [0.15, 0.2) is 23.3 Å². The molecule has 0 spiro atoms. The van der Waals surface area contributed by atoms with Crippen molar-refractivity contribution >= 4 is 11.8 Å². The fraction of sp³-hybridized carbons (Fsp3) is 0.667. The van der Waals surface area contributed by atoms with Crippen LogP contribution < -0.4 is 15.5 Å². The first-order valence-electron chi connectivity index (χ1n) is 8.93. The Bertz CT molecular complexity index is 517. The molecule has 0 bridgehead atoms. The van der Waals surface area contributed by atoms with E-state index in [1.165, 1.54) is 37.7 Å². The third-order valence-corrected chi connectivity index (χ3v) is 4.85. The molecule has 1 aromatic rings. The number of aliphatic imine (C=N–C) groups is 1. The average Bonchev–Trinajstić information content (AvgIpc) is 3.33. The van der Waals surface area contributed by atoms with Crippen LogP contribution in [0.1, 0.15) is 44.6 Å². The van der Waals surface area contributed by atoms with Gasteiger partial charge in [0.1, 0.15) is 5.82 Å². The molecule has 23 heavy (non-hydrogen) atoms. The third-order valence-electron chi connectivity index (χ3n) is 4.85. The molecule has 2 N–H and O–H groups in total. The van der Waals surface area contributed by atoms with Crippen LogP contribution in [0.25, 0.3) is 0 Å². The van der Waals surface area contributed by atoms with Crippen LogP contribution in [-0.2, 0) is 6.54 Å². The minimum absolute atomic E-state index is 0.588. The summed E-state index contributed by atoms with van der Waals surface area (Å²) >= 11 is 0. The first-order chi connectivity index (χ1) is 11.3. The lowest BCUT2D eigenvalue weighted by molar-refractivity contribution is 0.726. The van der Waals surface area contributed by atoms with E-state index in [-0.39, 0.29) is 0 Å². The van der Waals surface area contributed by atoms with Gasteiger partial charge in [0.25, 0.3) is 0 Å². The molecule has 1 aliphatic heterocycles. The van der Waals surface area contributed by atoms with E-state index in [1.54, 1.807) is 0 Å². The smallest absolute Gasteiger partial charge is 0.191 e. The van der Waals surface area contributed by atoms with Crippen molar-refractivity contribution in [2.45, 2.75) is 51.6 Å². The largest absolute Gasteiger partial charge is 0.357 e. The Morgan fingerprint density at radius 3 is 2.57 bits per heavy atom. The quantitative estimate of drug-likeness (QED) is 0.662. The molecule has 3 rings (SSSR count). The van der Waals surface area contributed by atoms with Gasteiger partial charge in [0, 0.05) is 38.9 Å². The van der Waals surface area contributed by atoms with Crippen LogP contribution in [0.2, 0.25) is 0 Å². The molecule has 2 fully saturated rings. The standard InChI is InChI=1S/C18H29N5/c1-14-11-16(14)22-18(19-2)21-13-15-7-8-17(20-12-15)23-9-5-3-4-6-10-23/h7-8,12,14,16H,3-6,9-11,13H2,1-2H3,(H2,19,21,22). The summed E-state index contributed by atoms with van der Waals surface area (Å²) in [5, 5.41) is 6.81. The third kappa shape index (κ3) is 4.60. The van der Waals surface area contributed by atoms with Crippen molar-refractivity contribution < 1.29 is 0 Å². The highest BCUT2D eigenvalue weighted by molar-refractivity contribution is 5.80. The summed E-state index contributed by atoms with van der Waals surface area (Å²) in [6, 6.07) is 4.92. The van der Waals surface area contributed by atoms with E-state index in [2.05, 4.69) is 44.6 Å². The van der Waals surface area contributed by atoms with Gasteiger partial charge >= 0.3 is 0 Å². The lowest BCUT2D eigenvalue weighted by Gasteiger charge is -2.21. The van der Waals surface area contributed by atoms with Crippen LogP contribution >= 0.6 is 0 Å². The van der Waals surface area contributed by atoms with Crippen LogP contribution in [0.4, 0.5) is 5.82 Å². The molecule has 126 valence electrons. The van der Waals surface area contributed by atoms with Crippen molar-refractivity contribution in [1.82, 2.24) is 15.6 Å². The number of nitrogens with zero attached hydrogens (tertiary/aromatic N) is 3. The molecule has 1 saturated carbocycles. The predicted molar refractivity (Wildman–Crippen MR) is 95.8 cm³/mol. The van der Waals surface area contributed by atoms with Gasteiger partial charge in [0.15, 0.2) is 5.96 Å². The molecule has 2 unspecified atom stereocenters. The van der Waals surface area contributed by atoms with Crippen LogP contribution in [-0.4, -0.2) is 37.1 Å². The number of hydrogen-bond donors (Lipinski definition) is 2. The van der Waals surface area contributed by atoms with E-state index in [0.717, 1.165) is 37.3 Å². The molecular weight excluding hydrogens is 286 g/mol. The van der Waals surface area contributed by atoms with Gasteiger partial charge in [-0.1, -0.05) is 25.8 Å². The van der Waals surface area contributed by atoms with Crippen LogP contribution in [0.3, 0.4) is 0 Å². The number of nitrogens with one attached hydrogen (secondary N) is 2. The fourth-order valence-corrected chi connectivity index (χ4v) is 3.09. The average molecular weight is 315 g/mol. The second-order valence-electron chi connectivity index (χ2n) is 6.82. The minimum atomic E-state index is 0.588. The maximum Gasteiger partial charge on any atom is 0.191 e. The van der Waals surface area contributed by atoms with E-state index in [1.807, 2.05) is 13.2 Å². The van der Waals surface area contributed by atoms with Gasteiger partial charge in [-0.05, 0) is 36.8 Å². The molecule has 0 radical (unpaired) electrons. The number of aromatic nitrogens is 1. The molecule has 2 aliphatic rings. The summed E-state index contributed by atoms with van der Waals surface area (Å²) in [5.74, 6) is 2.77. The predicted octanol–water partition coefficient (Wildman–Crippen LogP) is 2.54. The van der Waals surface area contributed by atoms with Crippen molar-refractivity contribution in [2.75, 3.05) is 25.0 Å². The topological polar surface area (TPSA) is 52.6 Å². The molecule has 0 aromatic carbocycles. The van der Waals surface area contributed by atoms with E-state index in [9.17, 15) is 0 Å². The van der Waals surface area contributed by atoms with Crippen molar-refractivity contribution in [3.8, 4) is 0 Å². The van der Waals surface area contributed by atoms with E-state index < -0.39 is 0 Å². The molecule has 1 aliphatic carbocycles. The first kappa shape index (κ1) is 16.1. The second kappa shape index (κ2) is 7.66. The minimum Gasteiger partial charge on any atom is -0.357 e. The summed E-state index contributed by atoms with van der Waals surface area (Å²) in [4.78, 5) is 11.4. The van der Waals surface area contributed by atoms with E-state index >= 15 is 0 Å². The lowest BCUT2D eigenvalue weighted by Crippen LogP contribution is -2.38. The van der Waals surface area contributed by atoms with Crippen molar-refractivity contribution in [3.63, 3.8) is 0 Å². The molecule has 1 saturated heterocycles. The fourth-order valence-electron chi connectivity index (χ4n) is 3.09. The Morgan fingerprint density at radius 2 is 2.00 bits per heavy atom. The number of pyridine rings is 1. The number of guanidine groups is 1. The molecule has 1 aromatic heterocycles. The van der Waals surface area contributed by atoms with Gasteiger partial charge in [-0.15, -0.1) is 0 Å². The van der Waals surface area contributed by atoms with Crippen molar-refractivity contribution in [2.24, 2.45) is 10.9 Å². The zero-order chi connectivity index (χ0) is 16.1. The normalized spacial score (nSPS) is 25.0. The molecule has 2 heterocycles. The van der Waals surface area contributed by atoms with Gasteiger partial charge in [0.2, 0.25) is 0 Å². The summed E-state index contributed by atoms with van der Waals surface area (Å²) in [5.41, 5.74) is 1.19. The summed E-state index contributed by atoms with van der Waals surface area (Å²) in [6.07, 6.45) is 8.50. The molecule has 5 nitrogen and oxygen atoms in total. The highest BCUT2D eigenvalue weighted by Gasteiger charge is 2.33. The van der Waals surface area contributed by atoms with Gasteiger partial charge in [-0.2, -0.15) is 0 Å². The zero-order valence-corrected chi connectivity index (χ0v) is 14.4. The van der Waals surface area contributed by atoms with Crippen LogP contribution in [0, 0.1) is 5.92 Å². The monoisotopic (exact) mass is 315 g/mol. The molecular formula is C18H29N5. The highest BCUT2D eigenvalue weighted by atomic mass is 15.2. The summed E-state index contributed by atoms with van der Waals surface area (Å²) in [7, 11) is 1.82. The van der Waals surface area contributed by atoms with Gasteiger partial charge in [-0.3, -0.25) is 4.99 Å². The van der Waals surface area contributed by atoms with Gasteiger partial charge in [-0.25, -0.2) is 4.98 Å².